The van der Waals surface area contributed by atoms with Crippen LogP contribution in [0.3, 0.4) is 0 Å². The molecular weight excluding hydrogens is 208 g/mol. The average Bonchev–Trinajstić information content (AvgIpc) is 2.27. The Morgan fingerprint density at radius 1 is 1.27 bits per heavy atom. The molecule has 1 aliphatic rings. The molecule has 0 saturated carbocycles. The topological polar surface area (TPSA) is 6.48 Å². The summed E-state index contributed by atoms with van der Waals surface area (Å²) in [6.45, 7) is 10.0. The Labute approximate surface area is 97.5 Å². The van der Waals surface area contributed by atoms with Crippen molar-refractivity contribution in [3.05, 3.63) is 35.5 Å². The second-order valence-electron chi connectivity index (χ2n) is 3.74. The Morgan fingerprint density at radius 2 is 1.87 bits per heavy atom. The van der Waals surface area contributed by atoms with E-state index in [-0.39, 0.29) is 0 Å². The molecule has 0 unspecified atom stereocenters. The molecule has 1 rings (SSSR count). The van der Waals surface area contributed by atoms with Gasteiger partial charge in [-0.05, 0) is 20.0 Å². The Morgan fingerprint density at radius 3 is 2.33 bits per heavy atom. The monoisotopic (exact) mass is 226 g/mol. The molecule has 3 heteroatoms. The summed E-state index contributed by atoms with van der Waals surface area (Å²) in [6.07, 6.45) is 5.73. The van der Waals surface area contributed by atoms with Gasteiger partial charge in [-0.2, -0.15) is 0 Å². The van der Waals surface area contributed by atoms with E-state index < -0.39 is 0 Å². The Balaban J connectivity index is 2.64. The highest BCUT2D eigenvalue weighted by Crippen LogP contribution is 2.14. The third-order valence-corrected chi connectivity index (χ3v) is 2.91. The number of hydrogen-bond donors (Lipinski definition) is 0. The maximum atomic E-state index is 5.95. The van der Waals surface area contributed by atoms with Crippen LogP contribution in [0.2, 0.25) is 0 Å². The molecule has 1 saturated heterocycles. The van der Waals surface area contributed by atoms with Gasteiger partial charge in [-0.25, -0.2) is 0 Å². The lowest BCUT2D eigenvalue weighted by molar-refractivity contribution is 0.190. The lowest BCUT2D eigenvalue weighted by Crippen LogP contribution is -2.43. The molecule has 1 fully saturated rings. The van der Waals surface area contributed by atoms with E-state index in [1.807, 2.05) is 13.0 Å². The minimum absolute atomic E-state index is 0.696. The van der Waals surface area contributed by atoms with Gasteiger partial charge in [0.1, 0.15) is 0 Å². The van der Waals surface area contributed by atoms with E-state index in [0.29, 0.717) is 5.03 Å². The fraction of sp³-hybridized carbons (Fsp3) is 0.500. The molecule has 0 amide bonds. The zero-order valence-corrected chi connectivity index (χ0v) is 10.3. The molecule has 0 spiro atoms. The van der Waals surface area contributed by atoms with Crippen LogP contribution in [0.25, 0.3) is 0 Å². The molecule has 15 heavy (non-hydrogen) atoms. The second-order valence-corrected chi connectivity index (χ2v) is 4.17. The fourth-order valence-electron chi connectivity index (χ4n) is 1.62. The highest BCUT2D eigenvalue weighted by Gasteiger charge is 2.14. The predicted molar refractivity (Wildman–Crippen MR) is 67.0 cm³/mol. The van der Waals surface area contributed by atoms with Crippen LogP contribution in [0.15, 0.2) is 35.5 Å². The first-order valence-electron chi connectivity index (χ1n) is 5.27. The van der Waals surface area contributed by atoms with Gasteiger partial charge < -0.3 is 9.80 Å². The van der Waals surface area contributed by atoms with Crippen molar-refractivity contribution in [2.45, 2.75) is 6.92 Å². The molecular formula is C12H19ClN2. The van der Waals surface area contributed by atoms with Crippen molar-refractivity contribution in [1.29, 1.82) is 0 Å². The summed E-state index contributed by atoms with van der Waals surface area (Å²) in [5.74, 6) is 0. The quantitative estimate of drug-likeness (QED) is 0.683. The van der Waals surface area contributed by atoms with Crippen LogP contribution in [0.1, 0.15) is 6.92 Å². The van der Waals surface area contributed by atoms with Crippen LogP contribution < -0.4 is 0 Å². The molecule has 0 radical (unpaired) electrons. The van der Waals surface area contributed by atoms with Crippen molar-refractivity contribution in [2.24, 2.45) is 0 Å². The third-order valence-electron chi connectivity index (χ3n) is 2.64. The zero-order valence-electron chi connectivity index (χ0n) is 9.54. The van der Waals surface area contributed by atoms with E-state index in [4.69, 9.17) is 11.6 Å². The van der Waals surface area contributed by atoms with Gasteiger partial charge in [0, 0.05) is 36.9 Å². The third kappa shape index (κ3) is 3.73. The molecule has 0 atom stereocenters. The molecule has 1 aliphatic heterocycles. The number of hydrogen-bond acceptors (Lipinski definition) is 2. The van der Waals surface area contributed by atoms with E-state index in [0.717, 1.165) is 26.2 Å². The lowest BCUT2D eigenvalue weighted by atomic mass is 10.2. The highest BCUT2D eigenvalue weighted by atomic mass is 35.5. The summed E-state index contributed by atoms with van der Waals surface area (Å²) in [5, 5.41) is 0.696. The SMILES string of the molecule is C=C/C(Cl)=C\C(=C/C)N1CCN(C)CC1. The fourth-order valence-corrected chi connectivity index (χ4v) is 1.73. The van der Waals surface area contributed by atoms with Crippen LogP contribution in [0.5, 0.6) is 0 Å². The minimum Gasteiger partial charge on any atom is -0.369 e. The number of piperazine rings is 1. The number of allylic oxidation sites excluding steroid dienone is 4. The van der Waals surface area contributed by atoms with Gasteiger partial charge in [0.2, 0.25) is 0 Å². The van der Waals surface area contributed by atoms with Gasteiger partial charge in [-0.15, -0.1) is 0 Å². The van der Waals surface area contributed by atoms with Gasteiger partial charge >= 0.3 is 0 Å². The summed E-state index contributed by atoms with van der Waals surface area (Å²) in [5.41, 5.74) is 1.19. The van der Waals surface area contributed by atoms with Crippen LogP contribution in [-0.4, -0.2) is 43.0 Å². The van der Waals surface area contributed by atoms with Crippen LogP contribution in [0, 0.1) is 0 Å². The standard InChI is InChI=1S/C12H19ClN2/c1-4-11(13)10-12(5-2)15-8-6-14(3)7-9-15/h4-5,10H,1,6-9H2,2-3H3/b11-10+,12-5+. The van der Waals surface area contributed by atoms with Crippen molar-refractivity contribution < 1.29 is 0 Å². The highest BCUT2D eigenvalue weighted by molar-refractivity contribution is 6.31. The van der Waals surface area contributed by atoms with Crippen molar-refractivity contribution in [3.8, 4) is 0 Å². The predicted octanol–water partition coefficient (Wildman–Crippen LogP) is 2.45. The number of halogens is 1. The number of likely N-dealkylation sites (N-methyl/N-ethyl adjacent to an activating group) is 1. The number of rotatable bonds is 3. The normalized spacial score (nSPS) is 20.6. The van der Waals surface area contributed by atoms with Gasteiger partial charge in [-0.1, -0.05) is 30.3 Å². The van der Waals surface area contributed by atoms with E-state index in [1.165, 1.54) is 5.70 Å². The van der Waals surface area contributed by atoms with E-state index in [1.54, 1.807) is 6.08 Å². The summed E-state index contributed by atoms with van der Waals surface area (Å²) in [4.78, 5) is 4.69. The van der Waals surface area contributed by atoms with Crippen molar-refractivity contribution in [1.82, 2.24) is 9.80 Å². The first-order valence-corrected chi connectivity index (χ1v) is 5.64. The Kier molecular flexibility index (Phi) is 4.92. The van der Waals surface area contributed by atoms with E-state index >= 15 is 0 Å². The van der Waals surface area contributed by atoms with E-state index in [9.17, 15) is 0 Å². The number of nitrogens with zero attached hydrogens (tertiary/aromatic N) is 2. The molecule has 84 valence electrons. The van der Waals surface area contributed by atoms with Crippen LogP contribution in [-0.2, 0) is 0 Å². The summed E-state index contributed by atoms with van der Waals surface area (Å²) < 4.78 is 0. The molecule has 0 aromatic carbocycles. The van der Waals surface area contributed by atoms with Gasteiger partial charge in [0.05, 0.1) is 0 Å². The molecule has 2 nitrogen and oxygen atoms in total. The summed E-state index contributed by atoms with van der Waals surface area (Å²) in [7, 11) is 2.15. The molecule has 1 heterocycles. The molecule has 0 aromatic heterocycles. The van der Waals surface area contributed by atoms with Gasteiger partial charge in [-0.3, -0.25) is 0 Å². The maximum absolute atomic E-state index is 5.95. The molecule has 0 aromatic rings. The molecule has 0 bridgehead atoms. The van der Waals surface area contributed by atoms with Crippen LogP contribution >= 0.6 is 11.6 Å². The smallest absolute Gasteiger partial charge is 0.0420 e. The largest absolute Gasteiger partial charge is 0.369 e. The van der Waals surface area contributed by atoms with E-state index in [2.05, 4.69) is 29.5 Å². The van der Waals surface area contributed by atoms with Gasteiger partial charge in [0.25, 0.3) is 0 Å². The van der Waals surface area contributed by atoms with Gasteiger partial charge in [0.15, 0.2) is 0 Å². The summed E-state index contributed by atoms with van der Waals surface area (Å²) >= 11 is 5.95. The minimum atomic E-state index is 0.696. The summed E-state index contributed by atoms with van der Waals surface area (Å²) in [6, 6.07) is 0. The maximum Gasteiger partial charge on any atom is 0.0420 e. The first-order chi connectivity index (χ1) is 7.17. The average molecular weight is 227 g/mol. The lowest BCUT2D eigenvalue weighted by Gasteiger charge is -2.34. The Hall–Kier alpha value is -0.730. The zero-order chi connectivity index (χ0) is 11.3. The molecule has 0 N–H and O–H groups in total. The van der Waals surface area contributed by atoms with Crippen molar-refractivity contribution in [3.63, 3.8) is 0 Å². The first kappa shape index (κ1) is 12.3. The van der Waals surface area contributed by atoms with Crippen LogP contribution in [0.4, 0.5) is 0 Å². The van der Waals surface area contributed by atoms with Crippen molar-refractivity contribution >= 4 is 11.6 Å². The van der Waals surface area contributed by atoms with Crippen molar-refractivity contribution in [2.75, 3.05) is 33.2 Å². The molecule has 0 aliphatic carbocycles. The Bertz CT molecular complexity index is 273. The second kappa shape index (κ2) is 5.99.